The Bertz CT molecular complexity index is 191. The second-order valence-corrected chi connectivity index (χ2v) is 3.90. The number of hydrogen-bond donors (Lipinski definition) is 0. The molecule has 1 aliphatic heterocycles. The lowest BCUT2D eigenvalue weighted by molar-refractivity contribution is -0.168. The fraction of sp³-hybridized carbons (Fsp3) is 0.900. The Hall–Kier alpha value is -0.570. The highest BCUT2D eigenvalue weighted by Gasteiger charge is 2.34. The molecule has 76 valence electrons. The summed E-state index contributed by atoms with van der Waals surface area (Å²) in [6, 6.07) is 0. The molecule has 4 atom stereocenters. The van der Waals surface area contributed by atoms with Crippen LogP contribution in [0.25, 0.3) is 0 Å². The summed E-state index contributed by atoms with van der Waals surface area (Å²) in [7, 11) is 0. The van der Waals surface area contributed by atoms with Crippen LogP contribution in [0.2, 0.25) is 0 Å². The zero-order valence-corrected chi connectivity index (χ0v) is 8.74. The normalized spacial score (nSPS) is 40.0. The molecule has 0 aliphatic carbocycles. The summed E-state index contributed by atoms with van der Waals surface area (Å²) in [6.45, 7) is 8.27. The van der Waals surface area contributed by atoms with Gasteiger partial charge in [0.2, 0.25) is 0 Å². The van der Waals surface area contributed by atoms with Gasteiger partial charge in [0.05, 0.1) is 12.7 Å². The second-order valence-electron chi connectivity index (χ2n) is 3.90. The van der Waals surface area contributed by atoms with Gasteiger partial charge in [0.25, 0.3) is 0 Å². The molecule has 0 N–H and O–H groups in total. The Morgan fingerprint density at radius 1 is 1.31 bits per heavy atom. The van der Waals surface area contributed by atoms with E-state index in [0.717, 1.165) is 0 Å². The van der Waals surface area contributed by atoms with Crippen molar-refractivity contribution in [2.45, 2.75) is 39.9 Å². The van der Waals surface area contributed by atoms with Gasteiger partial charge in [-0.05, 0) is 12.8 Å². The highest BCUT2D eigenvalue weighted by molar-refractivity contribution is 5.66. The molecule has 0 aromatic rings. The standard InChI is InChI=1S/C10H18O3/c1-6-7(2)10(13-9(4)11)5-12-8(6)3/h6-8,10H,5H2,1-4H3/t6-,7-,8?,10-/m0/s1. The molecule has 1 rings (SSSR count). The van der Waals surface area contributed by atoms with Gasteiger partial charge in [-0.15, -0.1) is 0 Å². The Morgan fingerprint density at radius 3 is 2.46 bits per heavy atom. The van der Waals surface area contributed by atoms with Crippen LogP contribution in [0.1, 0.15) is 27.7 Å². The van der Waals surface area contributed by atoms with Crippen molar-refractivity contribution in [2.24, 2.45) is 11.8 Å². The molecule has 0 spiro atoms. The first-order valence-electron chi connectivity index (χ1n) is 4.81. The predicted molar refractivity (Wildman–Crippen MR) is 49.3 cm³/mol. The van der Waals surface area contributed by atoms with Crippen molar-refractivity contribution in [3.8, 4) is 0 Å². The minimum absolute atomic E-state index is 0.0660. The summed E-state index contributed by atoms with van der Waals surface area (Å²) in [5, 5.41) is 0. The highest BCUT2D eigenvalue weighted by Crippen LogP contribution is 2.28. The summed E-state index contributed by atoms with van der Waals surface area (Å²) >= 11 is 0. The first kappa shape index (κ1) is 10.5. The number of ether oxygens (including phenoxy) is 2. The summed E-state index contributed by atoms with van der Waals surface area (Å²) in [4.78, 5) is 10.8. The topological polar surface area (TPSA) is 35.5 Å². The van der Waals surface area contributed by atoms with Crippen molar-refractivity contribution in [1.29, 1.82) is 0 Å². The van der Waals surface area contributed by atoms with E-state index in [2.05, 4.69) is 20.8 Å². The minimum atomic E-state index is -0.220. The molecular formula is C10H18O3. The molecule has 3 nitrogen and oxygen atoms in total. The molecule has 0 saturated carbocycles. The van der Waals surface area contributed by atoms with E-state index in [-0.39, 0.29) is 18.2 Å². The smallest absolute Gasteiger partial charge is 0.302 e. The van der Waals surface area contributed by atoms with Crippen molar-refractivity contribution in [2.75, 3.05) is 6.61 Å². The molecule has 0 radical (unpaired) electrons. The Labute approximate surface area is 79.4 Å². The predicted octanol–water partition coefficient (Wildman–Crippen LogP) is 1.61. The van der Waals surface area contributed by atoms with Crippen molar-refractivity contribution in [3.63, 3.8) is 0 Å². The molecule has 1 aliphatic rings. The summed E-state index contributed by atoms with van der Waals surface area (Å²) in [5.41, 5.74) is 0. The van der Waals surface area contributed by atoms with E-state index >= 15 is 0 Å². The maximum Gasteiger partial charge on any atom is 0.302 e. The van der Waals surface area contributed by atoms with Crippen LogP contribution < -0.4 is 0 Å². The van der Waals surface area contributed by atoms with Gasteiger partial charge in [0.15, 0.2) is 0 Å². The van der Waals surface area contributed by atoms with Crippen molar-refractivity contribution < 1.29 is 14.3 Å². The van der Waals surface area contributed by atoms with E-state index in [0.29, 0.717) is 18.4 Å². The van der Waals surface area contributed by atoms with E-state index in [1.54, 1.807) is 0 Å². The summed E-state index contributed by atoms with van der Waals surface area (Å²) < 4.78 is 10.7. The minimum Gasteiger partial charge on any atom is -0.460 e. The van der Waals surface area contributed by atoms with Gasteiger partial charge in [0.1, 0.15) is 6.10 Å². The van der Waals surface area contributed by atoms with Crippen molar-refractivity contribution in [1.82, 2.24) is 0 Å². The van der Waals surface area contributed by atoms with Gasteiger partial charge >= 0.3 is 5.97 Å². The third-order valence-electron chi connectivity index (χ3n) is 3.00. The molecule has 1 unspecified atom stereocenters. The van der Waals surface area contributed by atoms with E-state index in [1.165, 1.54) is 6.92 Å². The Balaban J connectivity index is 2.53. The first-order valence-corrected chi connectivity index (χ1v) is 4.81. The van der Waals surface area contributed by atoms with E-state index in [1.807, 2.05) is 0 Å². The molecule has 1 saturated heterocycles. The van der Waals surface area contributed by atoms with Crippen LogP contribution in [-0.2, 0) is 14.3 Å². The monoisotopic (exact) mass is 186 g/mol. The SMILES string of the molecule is CC(=O)O[C@H]1COC(C)[C@@H](C)[C@@H]1C. The van der Waals surface area contributed by atoms with Gasteiger partial charge in [-0.2, -0.15) is 0 Å². The van der Waals surface area contributed by atoms with E-state index in [9.17, 15) is 4.79 Å². The van der Waals surface area contributed by atoms with E-state index < -0.39 is 0 Å². The Kier molecular flexibility index (Phi) is 3.31. The summed E-state index contributed by atoms with van der Waals surface area (Å²) in [6.07, 6.45) is 0.200. The molecule has 3 heteroatoms. The maximum absolute atomic E-state index is 10.8. The molecule has 1 fully saturated rings. The van der Waals surface area contributed by atoms with Gasteiger partial charge in [-0.1, -0.05) is 13.8 Å². The lowest BCUT2D eigenvalue weighted by Crippen LogP contribution is -2.43. The number of carbonyl (C=O) groups is 1. The number of rotatable bonds is 1. The lowest BCUT2D eigenvalue weighted by Gasteiger charge is -2.37. The lowest BCUT2D eigenvalue weighted by atomic mass is 9.85. The highest BCUT2D eigenvalue weighted by atomic mass is 16.6. The third-order valence-corrected chi connectivity index (χ3v) is 3.00. The maximum atomic E-state index is 10.8. The largest absolute Gasteiger partial charge is 0.460 e. The molecule has 13 heavy (non-hydrogen) atoms. The number of carbonyl (C=O) groups excluding carboxylic acids is 1. The van der Waals surface area contributed by atoms with Gasteiger partial charge < -0.3 is 9.47 Å². The van der Waals surface area contributed by atoms with Crippen LogP contribution in [0.5, 0.6) is 0 Å². The zero-order chi connectivity index (χ0) is 10.0. The molecule has 0 aromatic carbocycles. The molecule has 1 heterocycles. The van der Waals surface area contributed by atoms with Crippen molar-refractivity contribution >= 4 is 5.97 Å². The molecule has 0 bridgehead atoms. The molecule has 0 aromatic heterocycles. The van der Waals surface area contributed by atoms with Crippen LogP contribution >= 0.6 is 0 Å². The molecular weight excluding hydrogens is 168 g/mol. The average Bonchev–Trinajstić information content (AvgIpc) is 2.06. The van der Waals surface area contributed by atoms with Crippen LogP contribution in [0.15, 0.2) is 0 Å². The second kappa shape index (κ2) is 4.09. The number of esters is 1. The quantitative estimate of drug-likeness (QED) is 0.584. The van der Waals surface area contributed by atoms with Crippen LogP contribution in [0, 0.1) is 11.8 Å². The number of hydrogen-bond acceptors (Lipinski definition) is 3. The van der Waals surface area contributed by atoms with Crippen LogP contribution in [-0.4, -0.2) is 24.8 Å². The summed E-state index contributed by atoms with van der Waals surface area (Å²) in [5.74, 6) is 0.605. The van der Waals surface area contributed by atoms with Crippen LogP contribution in [0.4, 0.5) is 0 Å². The van der Waals surface area contributed by atoms with Gasteiger partial charge in [-0.25, -0.2) is 0 Å². The fourth-order valence-electron chi connectivity index (χ4n) is 1.67. The average molecular weight is 186 g/mol. The van der Waals surface area contributed by atoms with Crippen LogP contribution in [0.3, 0.4) is 0 Å². The first-order chi connectivity index (χ1) is 6.02. The third kappa shape index (κ3) is 2.44. The zero-order valence-electron chi connectivity index (χ0n) is 8.74. The van der Waals surface area contributed by atoms with Gasteiger partial charge in [-0.3, -0.25) is 4.79 Å². The fourth-order valence-corrected chi connectivity index (χ4v) is 1.67. The Morgan fingerprint density at radius 2 is 1.92 bits per heavy atom. The van der Waals surface area contributed by atoms with Gasteiger partial charge in [0, 0.05) is 12.8 Å². The van der Waals surface area contributed by atoms with E-state index in [4.69, 9.17) is 9.47 Å². The van der Waals surface area contributed by atoms with Crippen molar-refractivity contribution in [3.05, 3.63) is 0 Å². The molecule has 0 amide bonds.